The van der Waals surface area contributed by atoms with Crippen molar-refractivity contribution < 1.29 is 9.53 Å². The fourth-order valence-electron chi connectivity index (χ4n) is 3.06. The summed E-state index contributed by atoms with van der Waals surface area (Å²) in [5.74, 6) is 0.571. The van der Waals surface area contributed by atoms with Gasteiger partial charge in [0.15, 0.2) is 0 Å². The predicted octanol–water partition coefficient (Wildman–Crippen LogP) is 2.91. The second kappa shape index (κ2) is 8.43. The number of benzene rings is 2. The summed E-state index contributed by atoms with van der Waals surface area (Å²) >= 11 is 5.91. The van der Waals surface area contributed by atoms with Crippen LogP contribution in [0.4, 0.5) is 5.69 Å². The van der Waals surface area contributed by atoms with Gasteiger partial charge in [0.2, 0.25) is 5.91 Å². The number of hydrogen-bond donors (Lipinski definition) is 1. The summed E-state index contributed by atoms with van der Waals surface area (Å²) in [7, 11) is 0. The summed E-state index contributed by atoms with van der Waals surface area (Å²) in [6, 6.07) is 15.6. The molecule has 0 bridgehead atoms. The molecule has 1 aliphatic heterocycles. The normalized spacial score (nSPS) is 16.3. The predicted molar refractivity (Wildman–Crippen MR) is 105 cm³/mol. The van der Waals surface area contributed by atoms with Crippen LogP contribution in [-0.2, 0) is 11.4 Å². The Kier molecular flexibility index (Phi) is 6.01. The van der Waals surface area contributed by atoms with Crippen molar-refractivity contribution >= 4 is 23.2 Å². The van der Waals surface area contributed by atoms with E-state index in [4.69, 9.17) is 22.1 Å². The summed E-state index contributed by atoms with van der Waals surface area (Å²) < 4.78 is 5.91. The molecule has 0 saturated carbocycles. The van der Waals surface area contributed by atoms with Gasteiger partial charge in [-0.25, -0.2) is 0 Å². The Morgan fingerprint density at radius 1 is 1.15 bits per heavy atom. The molecule has 2 N–H and O–H groups in total. The van der Waals surface area contributed by atoms with E-state index in [0.29, 0.717) is 6.61 Å². The summed E-state index contributed by atoms with van der Waals surface area (Å²) in [5.41, 5.74) is 7.61. The highest BCUT2D eigenvalue weighted by atomic mass is 35.5. The third kappa shape index (κ3) is 4.68. The van der Waals surface area contributed by atoms with E-state index >= 15 is 0 Å². The average molecular weight is 374 g/mol. The first-order valence-electron chi connectivity index (χ1n) is 8.78. The van der Waals surface area contributed by atoms with Crippen molar-refractivity contribution in [1.29, 1.82) is 0 Å². The molecule has 5 nitrogen and oxygen atoms in total. The number of hydrogen-bond acceptors (Lipinski definition) is 4. The van der Waals surface area contributed by atoms with Gasteiger partial charge in [0.1, 0.15) is 12.4 Å². The number of amides is 1. The van der Waals surface area contributed by atoms with E-state index in [0.717, 1.165) is 48.2 Å². The standard InChI is InChI=1S/C20H24ClN3O2/c1-15(20(22)25)23-9-11-24(12-10-23)18-3-2-4-19(13-18)26-14-16-5-7-17(21)8-6-16/h2-8,13,15H,9-12,14H2,1H3,(H2,22,25). The lowest BCUT2D eigenvalue weighted by Crippen LogP contribution is -2.53. The second-order valence-electron chi connectivity index (χ2n) is 6.51. The monoisotopic (exact) mass is 373 g/mol. The van der Waals surface area contributed by atoms with E-state index in [1.165, 1.54) is 0 Å². The summed E-state index contributed by atoms with van der Waals surface area (Å²) in [6.07, 6.45) is 0. The van der Waals surface area contributed by atoms with Gasteiger partial charge in [0.05, 0.1) is 6.04 Å². The quantitative estimate of drug-likeness (QED) is 0.845. The van der Waals surface area contributed by atoms with Gasteiger partial charge in [-0.15, -0.1) is 0 Å². The van der Waals surface area contributed by atoms with E-state index in [9.17, 15) is 4.79 Å². The number of halogens is 1. The highest BCUT2D eigenvalue weighted by Gasteiger charge is 2.24. The fourth-order valence-corrected chi connectivity index (χ4v) is 3.19. The van der Waals surface area contributed by atoms with Crippen LogP contribution in [0.25, 0.3) is 0 Å². The zero-order valence-corrected chi connectivity index (χ0v) is 15.7. The van der Waals surface area contributed by atoms with Gasteiger partial charge in [0, 0.05) is 43.0 Å². The Morgan fingerprint density at radius 3 is 2.50 bits per heavy atom. The largest absolute Gasteiger partial charge is 0.489 e. The lowest BCUT2D eigenvalue weighted by atomic mass is 10.2. The molecule has 1 amide bonds. The first-order chi connectivity index (χ1) is 12.5. The van der Waals surface area contributed by atoms with E-state index in [1.54, 1.807) is 0 Å². The van der Waals surface area contributed by atoms with Crippen LogP contribution in [0, 0.1) is 0 Å². The molecule has 1 fully saturated rings. The van der Waals surface area contributed by atoms with Gasteiger partial charge < -0.3 is 15.4 Å². The van der Waals surface area contributed by atoms with Crippen molar-refractivity contribution in [3.05, 3.63) is 59.1 Å². The number of anilines is 1. The summed E-state index contributed by atoms with van der Waals surface area (Å²) in [6.45, 7) is 5.73. The van der Waals surface area contributed by atoms with E-state index in [2.05, 4.69) is 21.9 Å². The smallest absolute Gasteiger partial charge is 0.234 e. The lowest BCUT2D eigenvalue weighted by Gasteiger charge is -2.38. The maximum atomic E-state index is 11.3. The first kappa shape index (κ1) is 18.5. The van der Waals surface area contributed by atoms with Crippen LogP contribution in [0.1, 0.15) is 12.5 Å². The SMILES string of the molecule is CC(C(N)=O)N1CCN(c2cccc(OCc3ccc(Cl)cc3)c2)CC1. The van der Waals surface area contributed by atoms with Crippen LogP contribution in [0.15, 0.2) is 48.5 Å². The Morgan fingerprint density at radius 2 is 1.85 bits per heavy atom. The number of rotatable bonds is 6. The third-order valence-electron chi connectivity index (χ3n) is 4.78. The van der Waals surface area contributed by atoms with E-state index in [1.807, 2.05) is 43.3 Å². The van der Waals surface area contributed by atoms with Gasteiger partial charge in [-0.1, -0.05) is 29.8 Å². The topological polar surface area (TPSA) is 58.8 Å². The maximum Gasteiger partial charge on any atom is 0.234 e. The molecule has 1 atom stereocenters. The van der Waals surface area contributed by atoms with Crippen molar-refractivity contribution in [3.63, 3.8) is 0 Å². The molecule has 0 spiro atoms. The van der Waals surface area contributed by atoms with Crippen LogP contribution in [0.2, 0.25) is 5.02 Å². The molecule has 2 aromatic rings. The van der Waals surface area contributed by atoms with Crippen molar-refractivity contribution in [3.8, 4) is 5.75 Å². The van der Waals surface area contributed by atoms with E-state index in [-0.39, 0.29) is 11.9 Å². The summed E-state index contributed by atoms with van der Waals surface area (Å²) in [4.78, 5) is 15.8. The maximum absolute atomic E-state index is 11.3. The van der Waals surface area contributed by atoms with E-state index < -0.39 is 0 Å². The zero-order chi connectivity index (χ0) is 18.5. The zero-order valence-electron chi connectivity index (χ0n) is 14.9. The second-order valence-corrected chi connectivity index (χ2v) is 6.95. The number of nitrogens with two attached hydrogens (primary N) is 1. The van der Waals surface area contributed by atoms with Crippen molar-refractivity contribution in [1.82, 2.24) is 4.90 Å². The number of carbonyl (C=O) groups is 1. The van der Waals surface area contributed by atoms with Crippen LogP contribution in [-0.4, -0.2) is 43.0 Å². The van der Waals surface area contributed by atoms with Crippen molar-refractivity contribution in [2.24, 2.45) is 5.73 Å². The molecule has 0 aromatic heterocycles. The average Bonchev–Trinajstić information content (AvgIpc) is 2.67. The highest BCUT2D eigenvalue weighted by molar-refractivity contribution is 6.30. The van der Waals surface area contributed by atoms with Gasteiger partial charge in [-0.05, 0) is 36.8 Å². The fraction of sp³-hybridized carbons (Fsp3) is 0.350. The van der Waals surface area contributed by atoms with Crippen LogP contribution < -0.4 is 15.4 Å². The molecule has 0 aliphatic carbocycles. The molecule has 0 radical (unpaired) electrons. The Balaban J connectivity index is 1.57. The molecular weight excluding hydrogens is 350 g/mol. The Labute approximate surface area is 159 Å². The number of primary amides is 1. The third-order valence-corrected chi connectivity index (χ3v) is 5.03. The summed E-state index contributed by atoms with van der Waals surface area (Å²) in [5, 5.41) is 0.723. The number of ether oxygens (including phenoxy) is 1. The van der Waals surface area contributed by atoms with Gasteiger partial charge in [0.25, 0.3) is 0 Å². The van der Waals surface area contributed by atoms with Crippen LogP contribution >= 0.6 is 11.6 Å². The van der Waals surface area contributed by atoms with Crippen molar-refractivity contribution in [2.45, 2.75) is 19.6 Å². The van der Waals surface area contributed by atoms with Gasteiger partial charge >= 0.3 is 0 Å². The van der Waals surface area contributed by atoms with Crippen LogP contribution in [0.5, 0.6) is 5.75 Å². The minimum Gasteiger partial charge on any atom is -0.489 e. The molecular formula is C20H24ClN3O2. The minimum absolute atomic E-state index is 0.216. The molecule has 3 rings (SSSR count). The Hall–Kier alpha value is -2.24. The molecule has 1 saturated heterocycles. The molecule has 26 heavy (non-hydrogen) atoms. The number of carbonyl (C=O) groups excluding carboxylic acids is 1. The number of nitrogens with zero attached hydrogens (tertiary/aromatic N) is 2. The minimum atomic E-state index is -0.268. The van der Waals surface area contributed by atoms with Gasteiger partial charge in [-0.3, -0.25) is 9.69 Å². The van der Waals surface area contributed by atoms with Crippen LogP contribution in [0.3, 0.4) is 0 Å². The first-order valence-corrected chi connectivity index (χ1v) is 9.16. The molecule has 1 unspecified atom stereocenters. The van der Waals surface area contributed by atoms with Gasteiger partial charge in [-0.2, -0.15) is 0 Å². The number of piperazine rings is 1. The van der Waals surface area contributed by atoms with Crippen molar-refractivity contribution in [2.75, 3.05) is 31.1 Å². The molecule has 6 heteroatoms. The molecule has 1 aliphatic rings. The lowest BCUT2D eigenvalue weighted by molar-refractivity contribution is -0.122. The molecule has 2 aromatic carbocycles. The molecule has 1 heterocycles. The Bertz CT molecular complexity index is 743. The highest BCUT2D eigenvalue weighted by Crippen LogP contribution is 2.23. The molecule has 138 valence electrons.